The third-order valence-corrected chi connectivity index (χ3v) is 6.05. The van der Waals surface area contributed by atoms with Crippen molar-refractivity contribution in [2.45, 2.75) is 64.8 Å². The average molecular weight is 557 g/mol. The molecule has 1 atom stereocenters. The summed E-state index contributed by atoms with van der Waals surface area (Å²) in [6, 6.07) is 5.03. The van der Waals surface area contributed by atoms with E-state index in [9.17, 15) is 31.5 Å². The Morgan fingerprint density at radius 2 is 1.79 bits per heavy atom. The number of nitrogens with one attached hydrogen (secondary N) is 2. The van der Waals surface area contributed by atoms with E-state index in [4.69, 9.17) is 9.84 Å². The molecule has 3 rings (SSSR count). The largest absolute Gasteiger partial charge is 0.485 e. The number of hydrogen-bond donors (Lipinski definition) is 3. The van der Waals surface area contributed by atoms with Crippen LogP contribution in [0.2, 0.25) is 0 Å². The van der Waals surface area contributed by atoms with Crippen molar-refractivity contribution < 1.29 is 41.4 Å². The predicted molar refractivity (Wildman–Crippen MR) is 132 cm³/mol. The predicted octanol–water partition coefficient (Wildman–Crippen LogP) is 5.72. The van der Waals surface area contributed by atoms with Gasteiger partial charge in [0, 0.05) is 19.2 Å². The number of aryl methyl sites for hydroxylation is 1. The Morgan fingerprint density at radius 3 is 2.36 bits per heavy atom. The number of imidazole rings is 1. The number of carboxylic acid groups (broad SMARTS) is 1. The number of amides is 2. The van der Waals surface area contributed by atoms with Crippen LogP contribution in [0.5, 0.6) is 5.75 Å². The Morgan fingerprint density at radius 1 is 1.15 bits per heavy atom. The normalized spacial score (nSPS) is 13.4. The molecular weight excluding hydrogens is 527 g/mol. The molecule has 0 bridgehead atoms. The minimum absolute atomic E-state index is 0.0686. The maximum absolute atomic E-state index is 14.1. The third-order valence-electron chi connectivity index (χ3n) is 6.05. The van der Waals surface area contributed by atoms with Gasteiger partial charge in [-0.1, -0.05) is 19.9 Å². The van der Waals surface area contributed by atoms with Gasteiger partial charge in [0.2, 0.25) is 0 Å². The number of pyridine rings is 1. The van der Waals surface area contributed by atoms with E-state index in [2.05, 4.69) is 15.6 Å². The lowest BCUT2D eigenvalue weighted by Gasteiger charge is -2.30. The topological polar surface area (TPSA) is 105 Å². The zero-order valence-electron chi connectivity index (χ0n) is 21.7. The van der Waals surface area contributed by atoms with Gasteiger partial charge in [-0.3, -0.25) is 9.20 Å². The molecule has 13 heteroatoms. The van der Waals surface area contributed by atoms with Crippen LogP contribution in [0.15, 0.2) is 30.5 Å². The van der Waals surface area contributed by atoms with Crippen LogP contribution in [0.1, 0.15) is 66.8 Å². The highest BCUT2D eigenvalue weighted by molar-refractivity contribution is 5.95. The summed E-state index contributed by atoms with van der Waals surface area (Å²) in [7, 11) is 0. The van der Waals surface area contributed by atoms with Crippen LogP contribution in [-0.4, -0.2) is 44.8 Å². The molecule has 0 fully saturated rings. The first kappa shape index (κ1) is 29.7. The number of nitrogens with zero attached hydrogens (tertiary/aromatic N) is 2. The van der Waals surface area contributed by atoms with Crippen LogP contribution in [0.3, 0.4) is 0 Å². The second-order valence-corrected chi connectivity index (χ2v) is 9.85. The first-order valence-electron chi connectivity index (χ1n) is 12.0. The van der Waals surface area contributed by atoms with E-state index in [0.29, 0.717) is 11.3 Å². The van der Waals surface area contributed by atoms with Gasteiger partial charge in [0.1, 0.15) is 23.9 Å². The number of carbonyl (C=O) groups is 2. The van der Waals surface area contributed by atoms with Crippen LogP contribution in [0, 0.1) is 18.6 Å². The summed E-state index contributed by atoms with van der Waals surface area (Å²) in [5.74, 6) is -2.40. The Bertz CT molecular complexity index is 1350. The number of halogens is 5. The van der Waals surface area contributed by atoms with Gasteiger partial charge in [-0.15, -0.1) is 0 Å². The fourth-order valence-electron chi connectivity index (χ4n) is 4.05. The standard InChI is InChI=1S/C26H29F5N4O4/c1-14(2)20-21(23(36)32-13-25(4,34-24(37)38)8-9-26(29,30)31)35-11-15(3)10-19(22(35)33-20)39-12-16-17(27)6-5-7-18(16)28/h5-7,10-11,14,34H,8-9,12-13H2,1-4H3,(H,32,36)(H,37,38). The summed E-state index contributed by atoms with van der Waals surface area (Å²) in [6.07, 6.45) is -6.31. The van der Waals surface area contributed by atoms with E-state index < -0.39 is 61.3 Å². The zero-order valence-corrected chi connectivity index (χ0v) is 21.7. The number of carbonyl (C=O) groups excluding carboxylic acids is 1. The third kappa shape index (κ3) is 7.36. The molecule has 3 N–H and O–H groups in total. The zero-order chi connectivity index (χ0) is 29.1. The first-order valence-corrected chi connectivity index (χ1v) is 12.0. The van der Waals surface area contributed by atoms with E-state index in [1.54, 1.807) is 33.0 Å². The number of benzene rings is 1. The molecule has 1 unspecified atom stereocenters. The smallest absolute Gasteiger partial charge is 0.405 e. The summed E-state index contributed by atoms with van der Waals surface area (Å²) in [5, 5.41) is 13.7. The Kier molecular flexibility index (Phi) is 8.71. The van der Waals surface area contributed by atoms with Gasteiger partial charge >= 0.3 is 12.3 Å². The second kappa shape index (κ2) is 11.5. The minimum Gasteiger partial charge on any atom is -0.485 e. The molecule has 0 aliphatic carbocycles. The molecule has 0 saturated carbocycles. The fourth-order valence-corrected chi connectivity index (χ4v) is 4.05. The SMILES string of the molecule is Cc1cc(OCc2c(F)cccc2F)c2nc(C(C)C)c(C(=O)NCC(C)(CCC(F)(F)F)NC(=O)O)n2c1. The van der Waals surface area contributed by atoms with Crippen molar-refractivity contribution in [1.29, 1.82) is 0 Å². The van der Waals surface area contributed by atoms with Crippen molar-refractivity contribution in [1.82, 2.24) is 20.0 Å². The summed E-state index contributed by atoms with van der Waals surface area (Å²) < 4.78 is 73.8. The maximum atomic E-state index is 14.1. The van der Waals surface area contributed by atoms with E-state index in [1.165, 1.54) is 17.4 Å². The van der Waals surface area contributed by atoms with E-state index >= 15 is 0 Å². The van der Waals surface area contributed by atoms with Crippen molar-refractivity contribution >= 4 is 17.6 Å². The van der Waals surface area contributed by atoms with Gasteiger partial charge in [-0.05, 0) is 49.9 Å². The quantitative estimate of drug-likeness (QED) is 0.277. The van der Waals surface area contributed by atoms with Crippen molar-refractivity contribution in [3.63, 3.8) is 0 Å². The van der Waals surface area contributed by atoms with E-state index in [0.717, 1.165) is 12.1 Å². The highest BCUT2D eigenvalue weighted by atomic mass is 19.4. The molecule has 2 amide bonds. The van der Waals surface area contributed by atoms with Crippen LogP contribution in [0.4, 0.5) is 26.7 Å². The Hall–Kier alpha value is -3.90. The molecule has 2 aromatic heterocycles. The molecule has 2 heterocycles. The highest BCUT2D eigenvalue weighted by Gasteiger charge is 2.35. The molecule has 0 radical (unpaired) electrons. The van der Waals surface area contributed by atoms with Crippen molar-refractivity contribution in [2.24, 2.45) is 0 Å². The Labute approximate surface area is 221 Å². The van der Waals surface area contributed by atoms with Gasteiger partial charge in [-0.25, -0.2) is 18.6 Å². The molecule has 8 nitrogen and oxygen atoms in total. The van der Waals surface area contributed by atoms with Gasteiger partial charge in [0.15, 0.2) is 11.4 Å². The monoisotopic (exact) mass is 556 g/mol. The molecule has 0 spiro atoms. The second-order valence-electron chi connectivity index (χ2n) is 9.85. The fraction of sp³-hybridized carbons (Fsp3) is 0.423. The molecule has 0 aliphatic rings. The van der Waals surface area contributed by atoms with E-state index in [-0.39, 0.29) is 28.6 Å². The molecular formula is C26H29F5N4O4. The minimum atomic E-state index is -4.52. The van der Waals surface area contributed by atoms with E-state index in [1.807, 2.05) is 0 Å². The maximum Gasteiger partial charge on any atom is 0.405 e. The molecule has 212 valence electrons. The lowest BCUT2D eigenvalue weighted by Crippen LogP contribution is -2.53. The number of ether oxygens (including phenoxy) is 1. The lowest BCUT2D eigenvalue weighted by molar-refractivity contribution is -0.138. The molecule has 0 saturated heterocycles. The number of fused-ring (bicyclic) bond motifs is 1. The van der Waals surface area contributed by atoms with Crippen LogP contribution in [0.25, 0.3) is 5.65 Å². The van der Waals surface area contributed by atoms with Crippen molar-refractivity contribution in [2.75, 3.05) is 6.54 Å². The van der Waals surface area contributed by atoms with Gasteiger partial charge in [0.25, 0.3) is 5.91 Å². The van der Waals surface area contributed by atoms with Gasteiger partial charge < -0.3 is 20.5 Å². The summed E-state index contributed by atoms with van der Waals surface area (Å²) >= 11 is 0. The number of alkyl halides is 3. The molecule has 3 aromatic rings. The number of rotatable bonds is 10. The van der Waals surface area contributed by atoms with Crippen LogP contribution in [-0.2, 0) is 6.61 Å². The molecule has 1 aromatic carbocycles. The summed E-state index contributed by atoms with van der Waals surface area (Å²) in [4.78, 5) is 29.1. The Balaban J connectivity index is 1.95. The summed E-state index contributed by atoms with van der Waals surface area (Å²) in [6.45, 7) is 5.66. The molecule has 0 aliphatic heterocycles. The van der Waals surface area contributed by atoms with Gasteiger partial charge in [0.05, 0.1) is 16.8 Å². The van der Waals surface area contributed by atoms with Crippen molar-refractivity contribution in [3.05, 3.63) is 64.6 Å². The highest BCUT2D eigenvalue weighted by Crippen LogP contribution is 2.30. The van der Waals surface area contributed by atoms with Gasteiger partial charge in [-0.2, -0.15) is 13.2 Å². The van der Waals surface area contributed by atoms with Crippen molar-refractivity contribution in [3.8, 4) is 5.75 Å². The summed E-state index contributed by atoms with van der Waals surface area (Å²) in [5.41, 5.74) is -0.675. The van der Waals surface area contributed by atoms with Crippen LogP contribution < -0.4 is 15.4 Å². The lowest BCUT2D eigenvalue weighted by atomic mass is 9.95. The average Bonchev–Trinajstić information content (AvgIpc) is 3.20. The number of aromatic nitrogens is 2. The molecule has 39 heavy (non-hydrogen) atoms. The first-order chi connectivity index (χ1) is 18.1. The van der Waals surface area contributed by atoms with Crippen LogP contribution >= 0.6 is 0 Å². The number of hydrogen-bond acceptors (Lipinski definition) is 4.